The van der Waals surface area contributed by atoms with E-state index in [1.165, 1.54) is 23.8 Å². The van der Waals surface area contributed by atoms with Gasteiger partial charge in [0.25, 0.3) is 0 Å². The van der Waals surface area contributed by atoms with Gasteiger partial charge in [0.2, 0.25) is 10.0 Å². The van der Waals surface area contributed by atoms with Gasteiger partial charge in [-0.3, -0.25) is 0 Å². The third-order valence-electron chi connectivity index (χ3n) is 6.04. The van der Waals surface area contributed by atoms with Crippen molar-refractivity contribution in [3.05, 3.63) is 64.1 Å². The number of hydrogen-bond donors (Lipinski definition) is 1. The Bertz CT molecular complexity index is 922. The van der Waals surface area contributed by atoms with E-state index in [1.807, 2.05) is 6.07 Å². The summed E-state index contributed by atoms with van der Waals surface area (Å²) in [5, 5.41) is 0.648. The van der Waals surface area contributed by atoms with Gasteiger partial charge in [-0.2, -0.15) is 0 Å². The van der Waals surface area contributed by atoms with Gasteiger partial charge in [-0.05, 0) is 68.0 Å². The number of nitrogens with one attached hydrogen (secondary N) is 1. The molecular formula is C21H24Cl2N2O2S. The van der Waals surface area contributed by atoms with Gasteiger partial charge in [-0.15, -0.1) is 0 Å². The van der Waals surface area contributed by atoms with E-state index < -0.39 is 10.0 Å². The molecule has 1 spiro atoms. The van der Waals surface area contributed by atoms with Crippen LogP contribution in [0.4, 0.5) is 0 Å². The molecule has 28 heavy (non-hydrogen) atoms. The predicted molar refractivity (Wildman–Crippen MR) is 113 cm³/mol. The second kappa shape index (κ2) is 7.96. The Hall–Kier alpha value is -1.11. The van der Waals surface area contributed by atoms with E-state index in [-0.39, 0.29) is 16.4 Å². The maximum Gasteiger partial charge on any atom is 0.240 e. The smallest absolute Gasteiger partial charge is 0.240 e. The first kappa shape index (κ1) is 20.2. The van der Waals surface area contributed by atoms with Crippen molar-refractivity contribution in [2.24, 2.45) is 5.41 Å². The van der Waals surface area contributed by atoms with Gasteiger partial charge in [0, 0.05) is 22.6 Å². The lowest BCUT2D eigenvalue weighted by Gasteiger charge is -2.33. The first-order valence-corrected chi connectivity index (χ1v) is 11.8. The first-order chi connectivity index (χ1) is 13.4. The van der Waals surface area contributed by atoms with E-state index in [4.69, 9.17) is 23.2 Å². The molecule has 7 heteroatoms. The van der Waals surface area contributed by atoms with Gasteiger partial charge in [-0.25, -0.2) is 13.1 Å². The third-order valence-corrected chi connectivity index (χ3v) is 7.93. The lowest BCUT2D eigenvalue weighted by Crippen LogP contribution is -2.39. The first-order valence-electron chi connectivity index (χ1n) is 9.61. The standard InChI is InChI=1S/C21H24Cl2N2O2S/c22-17-12-18(23)14-19(13-17)28(26,27)24-20-15-21(20)7-10-25(11-8-21)9-6-16-4-2-1-3-5-16/h1-5,12-14,20,24H,6-11,15H2. The van der Waals surface area contributed by atoms with Crippen LogP contribution in [0.2, 0.25) is 10.0 Å². The molecule has 2 aromatic carbocycles. The van der Waals surface area contributed by atoms with E-state index in [0.29, 0.717) is 10.0 Å². The number of likely N-dealkylation sites (tertiary alicyclic amines) is 1. The van der Waals surface area contributed by atoms with Crippen LogP contribution in [0.25, 0.3) is 0 Å². The second-order valence-corrected chi connectivity index (χ2v) is 10.5. The molecule has 4 rings (SSSR count). The Labute approximate surface area is 176 Å². The molecule has 1 aliphatic carbocycles. The summed E-state index contributed by atoms with van der Waals surface area (Å²) in [5.74, 6) is 0. The molecule has 1 aliphatic heterocycles. The summed E-state index contributed by atoms with van der Waals surface area (Å²) >= 11 is 11.9. The zero-order valence-corrected chi connectivity index (χ0v) is 17.9. The molecule has 1 N–H and O–H groups in total. The Morgan fingerprint density at radius 3 is 2.32 bits per heavy atom. The Kier molecular flexibility index (Phi) is 5.73. The van der Waals surface area contributed by atoms with Crippen molar-refractivity contribution in [1.29, 1.82) is 0 Å². The maximum atomic E-state index is 12.7. The van der Waals surface area contributed by atoms with Crippen LogP contribution in [-0.4, -0.2) is 39.0 Å². The number of benzene rings is 2. The molecule has 4 nitrogen and oxygen atoms in total. The average molecular weight is 439 g/mol. The van der Waals surface area contributed by atoms with Gasteiger partial charge in [0.15, 0.2) is 0 Å². The number of halogens is 2. The SMILES string of the molecule is O=S(=O)(NC1CC12CCN(CCc1ccccc1)CC2)c1cc(Cl)cc(Cl)c1. The molecule has 0 radical (unpaired) electrons. The van der Waals surface area contributed by atoms with Crippen LogP contribution in [0.1, 0.15) is 24.8 Å². The Morgan fingerprint density at radius 2 is 1.68 bits per heavy atom. The minimum absolute atomic E-state index is 0.00605. The zero-order valence-electron chi connectivity index (χ0n) is 15.6. The van der Waals surface area contributed by atoms with Gasteiger partial charge in [-0.1, -0.05) is 53.5 Å². The number of piperidine rings is 1. The molecule has 150 valence electrons. The monoisotopic (exact) mass is 438 g/mol. The minimum Gasteiger partial charge on any atom is -0.303 e. The van der Waals surface area contributed by atoms with Crippen molar-refractivity contribution in [2.75, 3.05) is 19.6 Å². The number of sulfonamides is 1. The summed E-state index contributed by atoms with van der Waals surface area (Å²) in [6.45, 7) is 3.10. The highest BCUT2D eigenvalue weighted by atomic mass is 35.5. The maximum absolute atomic E-state index is 12.7. The van der Waals surface area contributed by atoms with Crippen LogP contribution >= 0.6 is 23.2 Å². The molecule has 0 aromatic heterocycles. The summed E-state index contributed by atoms with van der Waals surface area (Å²) in [6, 6.07) is 15.0. The van der Waals surface area contributed by atoms with Gasteiger partial charge < -0.3 is 4.90 Å². The quantitative estimate of drug-likeness (QED) is 0.728. The highest BCUT2D eigenvalue weighted by Crippen LogP contribution is 2.54. The molecule has 0 bridgehead atoms. The summed E-state index contributed by atoms with van der Waals surface area (Å²) < 4.78 is 28.3. The normalized spacial score (nSPS) is 21.7. The largest absolute Gasteiger partial charge is 0.303 e. The Balaban J connectivity index is 1.30. The number of hydrogen-bond acceptors (Lipinski definition) is 3. The van der Waals surface area contributed by atoms with Crippen molar-refractivity contribution in [3.8, 4) is 0 Å². The molecule has 1 heterocycles. The third kappa shape index (κ3) is 4.55. The molecule has 2 fully saturated rings. The fourth-order valence-electron chi connectivity index (χ4n) is 4.16. The van der Waals surface area contributed by atoms with Crippen molar-refractivity contribution < 1.29 is 8.42 Å². The second-order valence-electron chi connectivity index (χ2n) is 7.92. The van der Waals surface area contributed by atoms with Crippen LogP contribution < -0.4 is 4.72 Å². The highest BCUT2D eigenvalue weighted by Gasteiger charge is 2.56. The van der Waals surface area contributed by atoms with Gasteiger partial charge >= 0.3 is 0 Å². The predicted octanol–water partition coefficient (Wildman–Crippen LogP) is 4.37. The molecule has 0 amide bonds. The number of nitrogens with zero attached hydrogens (tertiary/aromatic N) is 1. The van der Waals surface area contributed by atoms with E-state index in [2.05, 4.69) is 33.9 Å². The molecule has 1 unspecified atom stereocenters. The molecule has 1 saturated heterocycles. The highest BCUT2D eigenvalue weighted by molar-refractivity contribution is 7.89. The molecule has 1 atom stereocenters. The van der Waals surface area contributed by atoms with Crippen molar-refractivity contribution in [3.63, 3.8) is 0 Å². The molecule has 2 aromatic rings. The fraction of sp³-hybridized carbons (Fsp3) is 0.429. The van der Waals surface area contributed by atoms with Crippen molar-refractivity contribution in [1.82, 2.24) is 9.62 Å². The van der Waals surface area contributed by atoms with Crippen molar-refractivity contribution in [2.45, 2.75) is 36.6 Å². The summed E-state index contributed by atoms with van der Waals surface area (Å²) in [4.78, 5) is 2.62. The molecule has 2 aliphatic rings. The molecular weight excluding hydrogens is 415 g/mol. The lowest BCUT2D eigenvalue weighted by atomic mass is 9.92. The summed E-state index contributed by atoms with van der Waals surface area (Å²) in [5.41, 5.74) is 1.47. The zero-order chi connectivity index (χ0) is 19.8. The summed E-state index contributed by atoms with van der Waals surface area (Å²) in [6.07, 6.45) is 4.03. The van der Waals surface area contributed by atoms with E-state index in [1.54, 1.807) is 0 Å². The van der Waals surface area contributed by atoms with E-state index in [0.717, 1.165) is 45.3 Å². The van der Waals surface area contributed by atoms with E-state index in [9.17, 15) is 8.42 Å². The summed E-state index contributed by atoms with van der Waals surface area (Å²) in [7, 11) is -3.61. The van der Waals surface area contributed by atoms with Gasteiger partial charge in [0.05, 0.1) is 4.90 Å². The van der Waals surface area contributed by atoms with Gasteiger partial charge in [0.1, 0.15) is 0 Å². The molecule has 1 saturated carbocycles. The van der Waals surface area contributed by atoms with Crippen LogP contribution in [0.5, 0.6) is 0 Å². The topological polar surface area (TPSA) is 49.4 Å². The lowest BCUT2D eigenvalue weighted by molar-refractivity contribution is 0.170. The average Bonchev–Trinajstić information content (AvgIpc) is 3.31. The van der Waals surface area contributed by atoms with Crippen LogP contribution in [0.3, 0.4) is 0 Å². The number of rotatable bonds is 6. The minimum atomic E-state index is -3.61. The Morgan fingerprint density at radius 1 is 1.04 bits per heavy atom. The van der Waals surface area contributed by atoms with Crippen LogP contribution in [-0.2, 0) is 16.4 Å². The fourth-order valence-corrected chi connectivity index (χ4v) is 6.22. The van der Waals surface area contributed by atoms with Crippen LogP contribution in [0, 0.1) is 5.41 Å². The van der Waals surface area contributed by atoms with Crippen LogP contribution in [0.15, 0.2) is 53.4 Å². The van der Waals surface area contributed by atoms with E-state index >= 15 is 0 Å². The van der Waals surface area contributed by atoms with Crippen molar-refractivity contribution >= 4 is 33.2 Å².